The molecular weight excluding hydrogens is 196 g/mol. The summed E-state index contributed by atoms with van der Waals surface area (Å²) in [6, 6.07) is 6.56. The van der Waals surface area contributed by atoms with Crippen LogP contribution in [0.25, 0.3) is 0 Å². The van der Waals surface area contributed by atoms with E-state index in [0.717, 1.165) is 6.42 Å². The maximum Gasteiger partial charge on any atom is 0.0921 e. The minimum absolute atomic E-state index is 0.383. The summed E-state index contributed by atoms with van der Waals surface area (Å²) in [5.74, 6) is 0.383. The van der Waals surface area contributed by atoms with Crippen LogP contribution in [0.2, 0.25) is 0 Å². The monoisotopic (exact) mass is 214 g/mol. The molecule has 0 aliphatic rings. The van der Waals surface area contributed by atoms with E-state index >= 15 is 0 Å². The zero-order valence-corrected chi connectivity index (χ0v) is 10.1. The van der Waals surface area contributed by atoms with Crippen molar-refractivity contribution in [1.82, 2.24) is 9.97 Å². The third-order valence-electron chi connectivity index (χ3n) is 3.32. The molecule has 0 radical (unpaired) electrons. The number of H-pyrrole nitrogens is 1. The van der Waals surface area contributed by atoms with Crippen LogP contribution in [0.5, 0.6) is 0 Å². The molecule has 84 valence electrons. The number of nitrogens with one attached hydrogen (secondary N) is 1. The summed E-state index contributed by atoms with van der Waals surface area (Å²) in [6.45, 7) is 6.63. The van der Waals surface area contributed by atoms with Crippen LogP contribution in [0.1, 0.15) is 42.1 Å². The van der Waals surface area contributed by atoms with Gasteiger partial charge in [-0.05, 0) is 30.0 Å². The second kappa shape index (κ2) is 4.52. The van der Waals surface area contributed by atoms with E-state index in [4.69, 9.17) is 0 Å². The van der Waals surface area contributed by atoms with Crippen LogP contribution < -0.4 is 0 Å². The molecule has 0 aliphatic carbocycles. The van der Waals surface area contributed by atoms with Crippen molar-refractivity contribution in [3.8, 4) is 0 Å². The molecule has 0 aliphatic heterocycles. The van der Waals surface area contributed by atoms with Gasteiger partial charge in [-0.25, -0.2) is 4.98 Å². The number of aromatic nitrogens is 2. The summed E-state index contributed by atoms with van der Waals surface area (Å²) in [5, 5.41) is 0. The molecule has 1 atom stereocenters. The minimum atomic E-state index is 0.383. The lowest BCUT2D eigenvalue weighted by molar-refractivity contribution is 0.866. The number of hydrogen-bond acceptors (Lipinski definition) is 1. The van der Waals surface area contributed by atoms with E-state index in [1.54, 1.807) is 6.33 Å². The SMILES string of the molecule is CCc1cccc([C@H](C)c2cnc[nH]2)c1C. The van der Waals surface area contributed by atoms with Crippen molar-refractivity contribution >= 4 is 0 Å². The summed E-state index contributed by atoms with van der Waals surface area (Å²) < 4.78 is 0. The van der Waals surface area contributed by atoms with Crippen molar-refractivity contribution in [2.75, 3.05) is 0 Å². The predicted octanol–water partition coefficient (Wildman–Crippen LogP) is 3.43. The Morgan fingerprint density at radius 1 is 1.38 bits per heavy atom. The Kier molecular flexibility index (Phi) is 3.09. The predicted molar refractivity (Wildman–Crippen MR) is 66.7 cm³/mol. The van der Waals surface area contributed by atoms with Crippen molar-refractivity contribution in [2.45, 2.75) is 33.1 Å². The molecule has 0 amide bonds. The van der Waals surface area contributed by atoms with Gasteiger partial charge in [0.1, 0.15) is 0 Å². The molecule has 0 saturated heterocycles. The number of hydrogen-bond donors (Lipinski definition) is 1. The number of imidazole rings is 1. The molecule has 2 aromatic rings. The molecule has 1 N–H and O–H groups in total. The van der Waals surface area contributed by atoms with Crippen LogP contribution >= 0.6 is 0 Å². The van der Waals surface area contributed by atoms with E-state index in [1.807, 2.05) is 6.20 Å². The molecule has 2 nitrogen and oxygen atoms in total. The second-order valence-electron chi connectivity index (χ2n) is 4.21. The fourth-order valence-corrected chi connectivity index (χ4v) is 2.23. The Balaban J connectivity index is 2.41. The van der Waals surface area contributed by atoms with Gasteiger partial charge in [-0.1, -0.05) is 32.0 Å². The van der Waals surface area contributed by atoms with E-state index < -0.39 is 0 Å². The number of benzene rings is 1. The molecule has 0 saturated carbocycles. The van der Waals surface area contributed by atoms with E-state index in [-0.39, 0.29) is 0 Å². The highest BCUT2D eigenvalue weighted by Gasteiger charge is 2.13. The van der Waals surface area contributed by atoms with Crippen LogP contribution in [-0.2, 0) is 6.42 Å². The largest absolute Gasteiger partial charge is 0.348 e. The molecule has 2 rings (SSSR count). The topological polar surface area (TPSA) is 28.7 Å². The summed E-state index contributed by atoms with van der Waals surface area (Å²) in [5.41, 5.74) is 5.41. The van der Waals surface area contributed by atoms with E-state index in [0.29, 0.717) is 5.92 Å². The van der Waals surface area contributed by atoms with E-state index in [1.165, 1.54) is 22.4 Å². The van der Waals surface area contributed by atoms with Crippen molar-refractivity contribution < 1.29 is 0 Å². The average molecular weight is 214 g/mol. The molecule has 0 bridgehead atoms. The first-order valence-electron chi connectivity index (χ1n) is 5.80. The molecule has 0 unspecified atom stereocenters. The van der Waals surface area contributed by atoms with Crippen LogP contribution in [-0.4, -0.2) is 9.97 Å². The number of rotatable bonds is 3. The van der Waals surface area contributed by atoms with Gasteiger partial charge in [0.25, 0.3) is 0 Å². The van der Waals surface area contributed by atoms with Crippen LogP contribution in [0.15, 0.2) is 30.7 Å². The maximum absolute atomic E-state index is 4.09. The Labute approximate surface area is 96.7 Å². The first-order valence-corrected chi connectivity index (χ1v) is 5.80. The second-order valence-corrected chi connectivity index (χ2v) is 4.21. The highest BCUT2D eigenvalue weighted by molar-refractivity contribution is 5.39. The van der Waals surface area contributed by atoms with Gasteiger partial charge in [0.05, 0.1) is 6.33 Å². The fourth-order valence-electron chi connectivity index (χ4n) is 2.23. The third kappa shape index (κ3) is 1.87. The molecular formula is C14H18N2. The van der Waals surface area contributed by atoms with E-state index in [2.05, 4.69) is 48.9 Å². The van der Waals surface area contributed by atoms with Gasteiger partial charge in [0, 0.05) is 17.8 Å². The van der Waals surface area contributed by atoms with Crippen molar-refractivity contribution in [3.63, 3.8) is 0 Å². The van der Waals surface area contributed by atoms with Gasteiger partial charge in [0.2, 0.25) is 0 Å². The average Bonchev–Trinajstić information content (AvgIpc) is 2.82. The van der Waals surface area contributed by atoms with Crippen LogP contribution in [0.3, 0.4) is 0 Å². The Morgan fingerprint density at radius 2 is 2.19 bits per heavy atom. The molecule has 2 heteroatoms. The lowest BCUT2D eigenvalue weighted by Crippen LogP contribution is -2.01. The summed E-state index contributed by atoms with van der Waals surface area (Å²) in [7, 11) is 0. The number of aromatic amines is 1. The van der Waals surface area contributed by atoms with Gasteiger partial charge in [-0.2, -0.15) is 0 Å². The first-order chi connectivity index (χ1) is 7.74. The van der Waals surface area contributed by atoms with Gasteiger partial charge in [-0.3, -0.25) is 0 Å². The zero-order chi connectivity index (χ0) is 11.5. The summed E-state index contributed by atoms with van der Waals surface area (Å²) >= 11 is 0. The Morgan fingerprint density at radius 3 is 2.81 bits per heavy atom. The van der Waals surface area contributed by atoms with Crippen LogP contribution in [0.4, 0.5) is 0 Å². The quantitative estimate of drug-likeness (QED) is 0.833. The Hall–Kier alpha value is -1.57. The molecule has 1 aromatic carbocycles. The molecule has 1 aromatic heterocycles. The minimum Gasteiger partial charge on any atom is -0.348 e. The Bertz CT molecular complexity index is 458. The first kappa shape index (κ1) is 10.9. The van der Waals surface area contributed by atoms with Gasteiger partial charge < -0.3 is 4.98 Å². The smallest absolute Gasteiger partial charge is 0.0921 e. The zero-order valence-electron chi connectivity index (χ0n) is 10.1. The van der Waals surface area contributed by atoms with Gasteiger partial charge in [-0.15, -0.1) is 0 Å². The van der Waals surface area contributed by atoms with Crippen LogP contribution in [0, 0.1) is 6.92 Å². The van der Waals surface area contributed by atoms with Crippen molar-refractivity contribution in [1.29, 1.82) is 0 Å². The number of nitrogens with zero attached hydrogens (tertiary/aromatic N) is 1. The molecule has 1 heterocycles. The lowest BCUT2D eigenvalue weighted by atomic mass is 9.90. The standard InChI is InChI=1S/C14H18N2/c1-4-12-6-5-7-13(10(12)2)11(3)14-8-15-9-16-14/h5-9,11H,4H2,1-3H3,(H,15,16)/t11-/m0/s1. The maximum atomic E-state index is 4.09. The molecule has 16 heavy (non-hydrogen) atoms. The van der Waals surface area contributed by atoms with Crippen molar-refractivity contribution in [3.05, 3.63) is 53.1 Å². The fraction of sp³-hybridized carbons (Fsp3) is 0.357. The lowest BCUT2D eigenvalue weighted by Gasteiger charge is -2.15. The third-order valence-corrected chi connectivity index (χ3v) is 3.32. The van der Waals surface area contributed by atoms with Gasteiger partial charge in [0.15, 0.2) is 0 Å². The highest BCUT2D eigenvalue weighted by Crippen LogP contribution is 2.26. The summed E-state index contributed by atoms with van der Waals surface area (Å²) in [6.07, 6.45) is 4.74. The molecule has 0 fully saturated rings. The number of aryl methyl sites for hydroxylation is 1. The molecule has 0 spiro atoms. The summed E-state index contributed by atoms with van der Waals surface area (Å²) in [4.78, 5) is 7.27. The van der Waals surface area contributed by atoms with Crippen molar-refractivity contribution in [2.24, 2.45) is 0 Å². The highest BCUT2D eigenvalue weighted by atomic mass is 14.9. The van der Waals surface area contributed by atoms with E-state index in [9.17, 15) is 0 Å². The normalized spacial score (nSPS) is 12.7. The van der Waals surface area contributed by atoms with Gasteiger partial charge >= 0.3 is 0 Å².